The van der Waals surface area contributed by atoms with Crippen molar-refractivity contribution in [2.45, 2.75) is 11.4 Å². The number of hydrogen-bond acceptors (Lipinski definition) is 3. The van der Waals surface area contributed by atoms with Crippen LogP contribution >= 0.6 is 15.9 Å². The van der Waals surface area contributed by atoms with Crippen LogP contribution in [0.15, 0.2) is 40.0 Å². The Hall–Kier alpha value is -1.25. The van der Waals surface area contributed by atoms with Gasteiger partial charge in [0.2, 0.25) is 10.0 Å². The van der Waals surface area contributed by atoms with Crippen LogP contribution in [0.3, 0.4) is 0 Å². The highest BCUT2D eigenvalue weighted by Gasteiger charge is 2.24. The van der Waals surface area contributed by atoms with E-state index in [0.29, 0.717) is 5.82 Å². The van der Waals surface area contributed by atoms with E-state index in [0.717, 1.165) is 12.1 Å². The first-order valence-corrected chi connectivity index (χ1v) is 7.93. The van der Waals surface area contributed by atoms with Crippen LogP contribution in [-0.2, 0) is 23.6 Å². The fourth-order valence-electron chi connectivity index (χ4n) is 1.69. The molecule has 108 valence electrons. The number of hydrogen-bond donors (Lipinski definition) is 0. The number of benzene rings is 1. The third-order valence-electron chi connectivity index (χ3n) is 2.87. The zero-order valence-electron chi connectivity index (χ0n) is 10.9. The van der Waals surface area contributed by atoms with Crippen LogP contribution < -0.4 is 0 Å². The van der Waals surface area contributed by atoms with E-state index in [1.807, 2.05) is 0 Å². The maximum atomic E-state index is 13.0. The summed E-state index contributed by atoms with van der Waals surface area (Å²) >= 11 is 3.08. The lowest BCUT2D eigenvalue weighted by atomic mass is 10.3. The SMILES string of the molecule is CN(Cc1nccn1C)S(=O)(=O)c1ccc(F)cc1Br. The van der Waals surface area contributed by atoms with Crippen LogP contribution in [0.2, 0.25) is 0 Å². The third kappa shape index (κ3) is 2.92. The van der Waals surface area contributed by atoms with Crippen molar-refractivity contribution in [2.75, 3.05) is 7.05 Å². The standard InChI is InChI=1S/C12H13BrFN3O2S/c1-16-6-5-15-12(16)8-17(2)20(18,19)11-4-3-9(14)7-10(11)13/h3-7H,8H2,1-2H3. The van der Waals surface area contributed by atoms with Gasteiger partial charge >= 0.3 is 0 Å². The molecule has 0 saturated heterocycles. The van der Waals surface area contributed by atoms with Crippen LogP contribution in [0.25, 0.3) is 0 Å². The van der Waals surface area contributed by atoms with Gasteiger partial charge in [-0.1, -0.05) is 0 Å². The number of sulfonamides is 1. The Kier molecular flexibility index (Phi) is 4.26. The first kappa shape index (κ1) is 15.1. The molecule has 0 amide bonds. The number of nitrogens with zero attached hydrogens (tertiary/aromatic N) is 3. The van der Waals surface area contributed by atoms with Crippen molar-refractivity contribution in [3.63, 3.8) is 0 Å². The maximum absolute atomic E-state index is 13.0. The smallest absolute Gasteiger partial charge is 0.244 e. The zero-order valence-corrected chi connectivity index (χ0v) is 13.3. The Bertz CT molecular complexity index is 730. The average Bonchev–Trinajstić information content (AvgIpc) is 2.74. The summed E-state index contributed by atoms with van der Waals surface area (Å²) in [6.07, 6.45) is 3.34. The molecule has 0 atom stereocenters. The molecule has 0 radical (unpaired) electrons. The molecule has 0 aliphatic rings. The molecule has 0 saturated carbocycles. The quantitative estimate of drug-likeness (QED) is 0.838. The molecule has 1 heterocycles. The minimum atomic E-state index is -3.71. The number of aryl methyl sites for hydroxylation is 1. The third-order valence-corrected chi connectivity index (χ3v) is 5.65. The van der Waals surface area contributed by atoms with Gasteiger partial charge in [-0.05, 0) is 34.1 Å². The van der Waals surface area contributed by atoms with E-state index in [4.69, 9.17) is 0 Å². The molecule has 0 aliphatic carbocycles. The largest absolute Gasteiger partial charge is 0.337 e. The summed E-state index contributed by atoms with van der Waals surface area (Å²) < 4.78 is 41.0. The zero-order chi connectivity index (χ0) is 14.9. The second-order valence-corrected chi connectivity index (χ2v) is 7.16. The van der Waals surface area contributed by atoms with E-state index in [-0.39, 0.29) is 15.9 Å². The molecular weight excluding hydrogens is 349 g/mol. The molecule has 0 N–H and O–H groups in total. The monoisotopic (exact) mass is 361 g/mol. The van der Waals surface area contributed by atoms with Gasteiger partial charge in [-0.2, -0.15) is 4.31 Å². The van der Waals surface area contributed by atoms with Crippen LogP contribution in [0.1, 0.15) is 5.82 Å². The molecule has 0 unspecified atom stereocenters. The molecule has 0 bridgehead atoms. The van der Waals surface area contributed by atoms with Crippen molar-refractivity contribution in [3.05, 3.63) is 46.7 Å². The van der Waals surface area contributed by atoms with Crippen LogP contribution in [-0.4, -0.2) is 29.3 Å². The van der Waals surface area contributed by atoms with Gasteiger partial charge in [-0.25, -0.2) is 17.8 Å². The Morgan fingerprint density at radius 1 is 1.45 bits per heavy atom. The minimum Gasteiger partial charge on any atom is -0.337 e. The Morgan fingerprint density at radius 2 is 2.15 bits per heavy atom. The molecule has 1 aromatic carbocycles. The molecule has 20 heavy (non-hydrogen) atoms. The van der Waals surface area contributed by atoms with Crippen molar-refractivity contribution in [2.24, 2.45) is 7.05 Å². The van der Waals surface area contributed by atoms with Crippen molar-refractivity contribution in [1.82, 2.24) is 13.9 Å². The Morgan fingerprint density at radius 3 is 2.70 bits per heavy atom. The number of halogens is 2. The number of imidazole rings is 1. The molecule has 5 nitrogen and oxygen atoms in total. The first-order chi connectivity index (χ1) is 9.32. The van der Waals surface area contributed by atoms with Crippen LogP contribution in [0.4, 0.5) is 4.39 Å². The van der Waals surface area contributed by atoms with Gasteiger partial charge in [0.05, 0.1) is 11.4 Å². The fraction of sp³-hybridized carbons (Fsp3) is 0.250. The summed E-state index contributed by atoms with van der Waals surface area (Å²) in [5.41, 5.74) is 0. The molecule has 2 aromatic rings. The summed E-state index contributed by atoms with van der Waals surface area (Å²) in [6.45, 7) is 0.135. The molecule has 1 aromatic heterocycles. The minimum absolute atomic E-state index is 0.0237. The van der Waals surface area contributed by atoms with Gasteiger partial charge in [-0.15, -0.1) is 0 Å². The molecule has 0 fully saturated rings. The Labute approximate surface area is 125 Å². The normalized spacial score (nSPS) is 12.1. The number of rotatable bonds is 4. The summed E-state index contributed by atoms with van der Waals surface area (Å²) in [6, 6.07) is 3.48. The molecule has 8 heteroatoms. The number of aromatic nitrogens is 2. The predicted octanol–water partition coefficient (Wildman–Crippen LogP) is 2.14. The Balaban J connectivity index is 2.32. The predicted molar refractivity (Wildman–Crippen MR) is 76.0 cm³/mol. The highest BCUT2D eigenvalue weighted by molar-refractivity contribution is 9.10. The van der Waals surface area contributed by atoms with Crippen LogP contribution in [0.5, 0.6) is 0 Å². The van der Waals surface area contributed by atoms with E-state index in [9.17, 15) is 12.8 Å². The van der Waals surface area contributed by atoms with Gasteiger partial charge in [0.1, 0.15) is 11.6 Å². The van der Waals surface area contributed by atoms with Crippen molar-refractivity contribution < 1.29 is 12.8 Å². The maximum Gasteiger partial charge on any atom is 0.244 e. The van der Waals surface area contributed by atoms with Gasteiger partial charge in [0.15, 0.2) is 0 Å². The van der Waals surface area contributed by atoms with Gasteiger partial charge < -0.3 is 4.57 Å². The highest BCUT2D eigenvalue weighted by Crippen LogP contribution is 2.25. The topological polar surface area (TPSA) is 55.2 Å². The molecular formula is C12H13BrFN3O2S. The summed E-state index contributed by atoms with van der Waals surface area (Å²) in [5.74, 6) is 0.122. The van der Waals surface area contributed by atoms with Crippen molar-refractivity contribution in [3.8, 4) is 0 Å². The summed E-state index contributed by atoms with van der Waals surface area (Å²) in [7, 11) is -0.466. The highest BCUT2D eigenvalue weighted by atomic mass is 79.9. The summed E-state index contributed by atoms with van der Waals surface area (Å²) in [4.78, 5) is 4.11. The van der Waals surface area contributed by atoms with Gasteiger partial charge in [-0.3, -0.25) is 0 Å². The fourth-order valence-corrected chi connectivity index (χ4v) is 3.82. The average molecular weight is 362 g/mol. The van der Waals surface area contributed by atoms with E-state index in [2.05, 4.69) is 20.9 Å². The lowest BCUT2D eigenvalue weighted by Gasteiger charge is -2.17. The summed E-state index contributed by atoms with van der Waals surface area (Å²) in [5, 5.41) is 0. The second kappa shape index (κ2) is 5.63. The van der Waals surface area contributed by atoms with Gasteiger partial charge in [0.25, 0.3) is 0 Å². The van der Waals surface area contributed by atoms with Crippen LogP contribution in [0, 0.1) is 5.82 Å². The van der Waals surface area contributed by atoms with Crippen molar-refractivity contribution in [1.29, 1.82) is 0 Å². The van der Waals surface area contributed by atoms with Gasteiger partial charge in [0, 0.05) is 31.0 Å². The second-order valence-electron chi connectivity index (χ2n) is 4.29. The molecule has 0 spiro atoms. The molecule has 0 aliphatic heterocycles. The van der Waals surface area contributed by atoms with E-state index in [1.54, 1.807) is 24.0 Å². The molecule has 2 rings (SSSR count). The lowest BCUT2D eigenvalue weighted by molar-refractivity contribution is 0.450. The van der Waals surface area contributed by atoms with E-state index in [1.165, 1.54) is 17.4 Å². The lowest BCUT2D eigenvalue weighted by Crippen LogP contribution is -2.28. The first-order valence-electron chi connectivity index (χ1n) is 5.70. The van der Waals surface area contributed by atoms with Crippen molar-refractivity contribution >= 4 is 26.0 Å². The van der Waals surface area contributed by atoms with E-state index < -0.39 is 15.8 Å². The van der Waals surface area contributed by atoms with E-state index >= 15 is 0 Å².